The summed E-state index contributed by atoms with van der Waals surface area (Å²) in [7, 11) is 0. The molecule has 22 heavy (non-hydrogen) atoms. The van der Waals surface area contributed by atoms with E-state index in [2.05, 4.69) is 29.6 Å². The Bertz CT molecular complexity index is 648. The van der Waals surface area contributed by atoms with Crippen LogP contribution in [0.5, 0.6) is 0 Å². The minimum Gasteiger partial charge on any atom is -0.357 e. The van der Waals surface area contributed by atoms with Gasteiger partial charge in [0, 0.05) is 17.0 Å². The Morgan fingerprint density at radius 1 is 1.05 bits per heavy atom. The molecular weight excluding hydrogens is 278 g/mol. The van der Waals surface area contributed by atoms with Crippen LogP contribution >= 0.6 is 0 Å². The molecule has 1 N–H and O–H groups in total. The summed E-state index contributed by atoms with van der Waals surface area (Å²) in [6.45, 7) is 7.99. The molecule has 2 atom stereocenters. The highest BCUT2D eigenvalue weighted by Gasteiger charge is 2.41. The van der Waals surface area contributed by atoms with Gasteiger partial charge < -0.3 is 10.1 Å². The van der Waals surface area contributed by atoms with Crippen molar-refractivity contribution in [2.45, 2.75) is 45.8 Å². The van der Waals surface area contributed by atoms with Crippen molar-refractivity contribution in [1.29, 1.82) is 0 Å². The summed E-state index contributed by atoms with van der Waals surface area (Å²) in [5, 5.41) is 5.83. The monoisotopic (exact) mass is 301 g/mol. The van der Waals surface area contributed by atoms with Crippen LogP contribution in [0.25, 0.3) is 10.8 Å². The normalized spacial score (nSPS) is 24.6. The maximum absolute atomic E-state index is 6.06. The highest BCUT2D eigenvalue weighted by molar-refractivity contribution is 5.93. The molecule has 118 valence electrons. The van der Waals surface area contributed by atoms with E-state index in [1.807, 2.05) is 45.9 Å². The fraction of sp³-hybridized carbons (Fsp3) is 0.444. The Morgan fingerprint density at radius 3 is 2.55 bits per heavy atom. The zero-order valence-corrected chi connectivity index (χ0v) is 13.5. The van der Waals surface area contributed by atoms with Crippen molar-refractivity contribution in [3.8, 4) is 0 Å². The molecule has 1 saturated heterocycles. The summed E-state index contributed by atoms with van der Waals surface area (Å²) in [4.78, 5) is 10.9. The van der Waals surface area contributed by atoms with Crippen LogP contribution in [-0.2, 0) is 14.5 Å². The number of anilines is 1. The van der Waals surface area contributed by atoms with Crippen molar-refractivity contribution in [3.63, 3.8) is 0 Å². The van der Waals surface area contributed by atoms with Crippen LogP contribution in [0.3, 0.4) is 0 Å². The average Bonchev–Trinajstić information content (AvgIpc) is 2.49. The van der Waals surface area contributed by atoms with Crippen LogP contribution in [-0.4, -0.2) is 18.1 Å². The van der Waals surface area contributed by atoms with Crippen LogP contribution in [0.15, 0.2) is 42.5 Å². The van der Waals surface area contributed by atoms with E-state index in [1.54, 1.807) is 0 Å². The first kappa shape index (κ1) is 15.3. The molecule has 4 nitrogen and oxygen atoms in total. The van der Waals surface area contributed by atoms with Crippen molar-refractivity contribution >= 4 is 16.5 Å². The van der Waals surface area contributed by atoms with E-state index < -0.39 is 5.60 Å². The molecule has 0 radical (unpaired) electrons. The largest absolute Gasteiger partial charge is 0.357 e. The SMILES string of the molecule is CC(C)C1OOC(C)(C)C(Nc2cccc3ccccc23)O1. The molecule has 2 aromatic carbocycles. The molecule has 1 fully saturated rings. The van der Waals surface area contributed by atoms with E-state index in [4.69, 9.17) is 14.5 Å². The second kappa shape index (κ2) is 5.88. The smallest absolute Gasteiger partial charge is 0.196 e. The van der Waals surface area contributed by atoms with Crippen LogP contribution in [0.1, 0.15) is 27.7 Å². The summed E-state index contributed by atoms with van der Waals surface area (Å²) in [5.41, 5.74) is 0.451. The van der Waals surface area contributed by atoms with Crippen molar-refractivity contribution in [1.82, 2.24) is 0 Å². The molecule has 0 aromatic heterocycles. The van der Waals surface area contributed by atoms with Crippen molar-refractivity contribution in [2.75, 3.05) is 5.32 Å². The van der Waals surface area contributed by atoms with Gasteiger partial charge in [-0.1, -0.05) is 50.2 Å². The maximum Gasteiger partial charge on any atom is 0.196 e. The molecule has 1 aliphatic rings. The number of nitrogens with one attached hydrogen (secondary N) is 1. The summed E-state index contributed by atoms with van der Waals surface area (Å²) < 4.78 is 6.06. The van der Waals surface area contributed by atoms with Gasteiger partial charge in [0.15, 0.2) is 12.5 Å². The van der Waals surface area contributed by atoms with E-state index in [9.17, 15) is 0 Å². The minimum absolute atomic E-state index is 0.216. The van der Waals surface area contributed by atoms with Crippen molar-refractivity contribution < 1.29 is 14.5 Å². The molecule has 2 aromatic rings. The molecule has 1 heterocycles. The first-order chi connectivity index (χ1) is 10.5. The van der Waals surface area contributed by atoms with E-state index in [1.165, 1.54) is 5.39 Å². The minimum atomic E-state index is -0.581. The Morgan fingerprint density at radius 2 is 1.77 bits per heavy atom. The van der Waals surface area contributed by atoms with E-state index in [0.717, 1.165) is 11.1 Å². The van der Waals surface area contributed by atoms with Crippen molar-refractivity contribution in [3.05, 3.63) is 42.5 Å². The lowest BCUT2D eigenvalue weighted by molar-refractivity contribution is -0.485. The van der Waals surface area contributed by atoms with Crippen molar-refractivity contribution in [2.24, 2.45) is 5.92 Å². The molecule has 3 rings (SSSR count). The van der Waals surface area contributed by atoms with Crippen LogP contribution < -0.4 is 5.32 Å². The predicted octanol–water partition coefficient (Wildman–Crippen LogP) is 4.32. The Kier molecular flexibility index (Phi) is 4.08. The molecule has 0 amide bonds. The first-order valence-corrected chi connectivity index (χ1v) is 7.71. The number of benzene rings is 2. The molecule has 1 aliphatic heterocycles. The molecule has 4 heteroatoms. The standard InChI is InChI=1S/C18H23NO3/c1-12(2)16-20-17(18(3,4)22-21-16)19-15-11-7-9-13-8-5-6-10-14(13)15/h5-12,16-17,19H,1-4H3. The maximum atomic E-state index is 6.06. The fourth-order valence-electron chi connectivity index (χ4n) is 2.50. The van der Waals surface area contributed by atoms with E-state index in [0.29, 0.717) is 0 Å². The fourth-order valence-corrected chi connectivity index (χ4v) is 2.50. The van der Waals surface area contributed by atoms with Gasteiger partial charge in [0.05, 0.1) is 0 Å². The quantitative estimate of drug-likeness (QED) is 0.857. The van der Waals surface area contributed by atoms with Gasteiger partial charge >= 0.3 is 0 Å². The summed E-state index contributed by atoms with van der Waals surface area (Å²) in [6, 6.07) is 14.5. The molecule has 0 bridgehead atoms. The summed E-state index contributed by atoms with van der Waals surface area (Å²) in [6.07, 6.45) is -0.667. The Labute approximate surface area is 131 Å². The van der Waals surface area contributed by atoms with Gasteiger partial charge in [-0.05, 0) is 25.3 Å². The lowest BCUT2D eigenvalue weighted by Gasteiger charge is -2.42. The van der Waals surface area contributed by atoms with Gasteiger partial charge in [-0.25, -0.2) is 9.78 Å². The van der Waals surface area contributed by atoms with Crippen LogP contribution in [0, 0.1) is 5.92 Å². The number of hydrogen-bond acceptors (Lipinski definition) is 4. The van der Waals surface area contributed by atoms with Gasteiger partial charge in [0.25, 0.3) is 0 Å². The number of fused-ring (bicyclic) bond motifs is 1. The van der Waals surface area contributed by atoms with Gasteiger partial charge in [0.2, 0.25) is 0 Å². The molecule has 0 saturated carbocycles. The Balaban J connectivity index is 1.89. The lowest BCUT2D eigenvalue weighted by Crippen LogP contribution is -2.54. The van der Waals surface area contributed by atoms with Crippen LogP contribution in [0.2, 0.25) is 0 Å². The molecule has 0 spiro atoms. The average molecular weight is 301 g/mol. The van der Waals surface area contributed by atoms with Crippen LogP contribution in [0.4, 0.5) is 5.69 Å². The van der Waals surface area contributed by atoms with E-state index in [-0.39, 0.29) is 18.4 Å². The molecular formula is C18H23NO3. The molecule has 0 aliphatic carbocycles. The topological polar surface area (TPSA) is 39.7 Å². The third-order valence-corrected chi connectivity index (χ3v) is 3.88. The highest BCUT2D eigenvalue weighted by Crippen LogP contribution is 2.32. The number of rotatable bonds is 3. The first-order valence-electron chi connectivity index (χ1n) is 7.71. The Hall–Kier alpha value is -1.62. The van der Waals surface area contributed by atoms with Gasteiger partial charge in [0.1, 0.15) is 5.60 Å². The second-order valence-corrected chi connectivity index (χ2v) is 6.58. The zero-order chi connectivity index (χ0) is 15.7. The number of hydrogen-bond donors (Lipinski definition) is 1. The third kappa shape index (κ3) is 2.95. The third-order valence-electron chi connectivity index (χ3n) is 3.88. The van der Waals surface area contributed by atoms with Gasteiger partial charge in [-0.3, -0.25) is 0 Å². The van der Waals surface area contributed by atoms with E-state index >= 15 is 0 Å². The summed E-state index contributed by atoms with van der Waals surface area (Å²) >= 11 is 0. The highest BCUT2D eigenvalue weighted by atomic mass is 17.2. The summed E-state index contributed by atoms with van der Waals surface area (Å²) in [5.74, 6) is 0.216. The molecule has 2 unspecified atom stereocenters. The lowest BCUT2D eigenvalue weighted by atomic mass is 10.0. The van der Waals surface area contributed by atoms with Gasteiger partial charge in [-0.2, -0.15) is 0 Å². The predicted molar refractivity (Wildman–Crippen MR) is 87.3 cm³/mol. The second-order valence-electron chi connectivity index (χ2n) is 6.58. The van der Waals surface area contributed by atoms with Gasteiger partial charge in [-0.15, -0.1) is 0 Å². The number of ether oxygens (including phenoxy) is 1. The zero-order valence-electron chi connectivity index (χ0n) is 13.5.